The fourth-order valence-corrected chi connectivity index (χ4v) is 5.72. The molecule has 2 aromatic heterocycles. The topological polar surface area (TPSA) is 125 Å². The standard InChI is InChI=1S/C25H24N6O3S/c26-16-20(24-29-22-9-2-3-10-23(22)34-24)21-11-12-27-25(30-21)28-17-18-7-6-8-19(15-18)35(32,33)31-13-4-1-5-14-31/h2-3,6-12,15,20H,1,4-5,13-14,17H2,(H,27,28,30). The monoisotopic (exact) mass is 488 g/mol. The van der Waals surface area contributed by atoms with Gasteiger partial charge in [-0.1, -0.05) is 30.7 Å². The van der Waals surface area contributed by atoms with E-state index >= 15 is 0 Å². The molecule has 1 fully saturated rings. The number of benzene rings is 2. The van der Waals surface area contributed by atoms with Crippen LogP contribution in [0.5, 0.6) is 0 Å². The average Bonchev–Trinajstić information content (AvgIpc) is 3.33. The van der Waals surface area contributed by atoms with E-state index in [1.165, 1.54) is 0 Å². The lowest BCUT2D eigenvalue weighted by Gasteiger charge is -2.26. The molecule has 1 aliphatic heterocycles. The molecule has 0 bridgehead atoms. The first-order chi connectivity index (χ1) is 17.0. The second kappa shape index (κ2) is 9.82. The summed E-state index contributed by atoms with van der Waals surface area (Å²) in [5.74, 6) is -0.193. The Kier molecular flexibility index (Phi) is 6.44. The van der Waals surface area contributed by atoms with Gasteiger partial charge in [-0.05, 0) is 48.7 Å². The molecule has 0 amide bonds. The van der Waals surface area contributed by atoms with E-state index in [4.69, 9.17) is 4.42 Å². The predicted molar refractivity (Wildman–Crippen MR) is 130 cm³/mol. The fraction of sp³-hybridized carbons (Fsp3) is 0.280. The Labute approximate surface area is 203 Å². The highest BCUT2D eigenvalue weighted by atomic mass is 32.2. The lowest BCUT2D eigenvalue weighted by Crippen LogP contribution is -2.35. The molecule has 178 valence electrons. The molecule has 0 saturated carbocycles. The maximum Gasteiger partial charge on any atom is 0.243 e. The SMILES string of the molecule is N#CC(c1ccnc(NCc2cccc(S(=O)(=O)N3CCCCC3)c2)n1)c1nc2ccccc2o1. The highest BCUT2D eigenvalue weighted by molar-refractivity contribution is 7.89. The molecular formula is C25H24N6O3S. The summed E-state index contributed by atoms with van der Waals surface area (Å²) in [7, 11) is -3.51. The molecule has 2 aromatic carbocycles. The lowest BCUT2D eigenvalue weighted by atomic mass is 10.1. The van der Waals surface area contributed by atoms with Crippen molar-refractivity contribution in [1.82, 2.24) is 19.3 Å². The van der Waals surface area contributed by atoms with Crippen LogP contribution in [0.3, 0.4) is 0 Å². The number of para-hydroxylation sites is 2. The fourth-order valence-electron chi connectivity index (χ4n) is 4.13. The van der Waals surface area contributed by atoms with Crippen LogP contribution in [0.2, 0.25) is 0 Å². The summed E-state index contributed by atoms with van der Waals surface area (Å²) in [5, 5.41) is 12.9. The number of anilines is 1. The van der Waals surface area contributed by atoms with Crippen LogP contribution >= 0.6 is 0 Å². The van der Waals surface area contributed by atoms with E-state index < -0.39 is 15.9 Å². The minimum absolute atomic E-state index is 0.272. The molecule has 35 heavy (non-hydrogen) atoms. The van der Waals surface area contributed by atoms with Gasteiger partial charge in [0.15, 0.2) is 11.5 Å². The molecule has 1 unspecified atom stereocenters. The molecule has 0 spiro atoms. The summed E-state index contributed by atoms with van der Waals surface area (Å²) in [4.78, 5) is 13.4. The summed E-state index contributed by atoms with van der Waals surface area (Å²) < 4.78 is 33.3. The van der Waals surface area contributed by atoms with Gasteiger partial charge in [0.1, 0.15) is 5.52 Å². The molecule has 4 aromatic rings. The number of piperidine rings is 1. The van der Waals surface area contributed by atoms with Gasteiger partial charge in [0.05, 0.1) is 16.7 Å². The number of sulfonamides is 1. The summed E-state index contributed by atoms with van der Waals surface area (Å²) in [5.41, 5.74) is 2.52. The van der Waals surface area contributed by atoms with Crippen LogP contribution in [-0.2, 0) is 16.6 Å². The molecule has 5 rings (SSSR count). The molecule has 9 nitrogen and oxygen atoms in total. The first kappa shape index (κ1) is 23.0. The van der Waals surface area contributed by atoms with Crippen molar-refractivity contribution in [2.24, 2.45) is 0 Å². The van der Waals surface area contributed by atoms with Crippen molar-refractivity contribution in [3.8, 4) is 6.07 Å². The van der Waals surface area contributed by atoms with Crippen molar-refractivity contribution in [1.29, 1.82) is 5.26 Å². The zero-order valence-corrected chi connectivity index (χ0v) is 19.8. The minimum atomic E-state index is -3.51. The van der Waals surface area contributed by atoms with Crippen LogP contribution < -0.4 is 5.32 Å². The molecule has 1 atom stereocenters. The highest BCUT2D eigenvalue weighted by Crippen LogP contribution is 2.26. The first-order valence-corrected chi connectivity index (χ1v) is 12.9. The number of hydrogen-bond acceptors (Lipinski definition) is 8. The van der Waals surface area contributed by atoms with Crippen LogP contribution in [0.25, 0.3) is 11.1 Å². The third-order valence-electron chi connectivity index (χ3n) is 5.96. The zero-order valence-electron chi connectivity index (χ0n) is 19.0. The highest BCUT2D eigenvalue weighted by Gasteiger charge is 2.26. The number of aromatic nitrogens is 3. The van der Waals surface area contributed by atoms with Gasteiger partial charge in [-0.2, -0.15) is 9.57 Å². The van der Waals surface area contributed by atoms with Gasteiger partial charge in [0.25, 0.3) is 0 Å². The Balaban J connectivity index is 1.32. The molecule has 1 aliphatic rings. The van der Waals surface area contributed by atoms with E-state index in [0.29, 0.717) is 42.4 Å². The number of nitrogens with one attached hydrogen (secondary N) is 1. The van der Waals surface area contributed by atoms with Gasteiger partial charge in [0.2, 0.25) is 21.9 Å². The Morgan fingerprint density at radius 2 is 1.89 bits per heavy atom. The van der Waals surface area contributed by atoms with Crippen molar-refractivity contribution in [2.45, 2.75) is 36.6 Å². The van der Waals surface area contributed by atoms with Gasteiger partial charge < -0.3 is 9.73 Å². The van der Waals surface area contributed by atoms with Crippen LogP contribution in [0, 0.1) is 11.3 Å². The Bertz CT molecular complexity index is 1460. The Morgan fingerprint density at radius 3 is 2.69 bits per heavy atom. The van der Waals surface area contributed by atoms with Gasteiger partial charge in [0, 0.05) is 25.8 Å². The van der Waals surface area contributed by atoms with E-state index in [-0.39, 0.29) is 10.8 Å². The molecule has 1 saturated heterocycles. The van der Waals surface area contributed by atoms with Crippen LogP contribution in [-0.4, -0.2) is 40.8 Å². The molecule has 10 heteroatoms. The maximum absolute atomic E-state index is 13.0. The second-order valence-electron chi connectivity index (χ2n) is 8.35. The zero-order chi connectivity index (χ0) is 24.3. The molecular weight excluding hydrogens is 464 g/mol. The van der Waals surface area contributed by atoms with Crippen LogP contribution in [0.1, 0.15) is 42.3 Å². The largest absolute Gasteiger partial charge is 0.439 e. The molecule has 0 aliphatic carbocycles. The number of fused-ring (bicyclic) bond motifs is 1. The molecule has 3 heterocycles. The van der Waals surface area contributed by atoms with Crippen molar-refractivity contribution in [3.63, 3.8) is 0 Å². The van der Waals surface area contributed by atoms with Crippen LogP contribution in [0.4, 0.5) is 5.95 Å². The smallest absolute Gasteiger partial charge is 0.243 e. The Morgan fingerprint density at radius 1 is 1.06 bits per heavy atom. The van der Waals surface area contributed by atoms with E-state index in [9.17, 15) is 13.7 Å². The van der Waals surface area contributed by atoms with Crippen molar-refractivity contribution >= 4 is 27.1 Å². The number of nitriles is 1. The molecule has 0 radical (unpaired) electrons. The Hall–Kier alpha value is -3.81. The first-order valence-electron chi connectivity index (χ1n) is 11.5. The quantitative estimate of drug-likeness (QED) is 0.413. The maximum atomic E-state index is 13.0. The van der Waals surface area contributed by atoms with E-state index in [0.717, 1.165) is 24.8 Å². The van der Waals surface area contributed by atoms with Gasteiger partial charge >= 0.3 is 0 Å². The van der Waals surface area contributed by atoms with E-state index in [1.54, 1.807) is 40.8 Å². The number of rotatable bonds is 7. The third-order valence-corrected chi connectivity index (χ3v) is 7.86. The van der Waals surface area contributed by atoms with Crippen molar-refractivity contribution in [3.05, 3.63) is 77.9 Å². The van der Waals surface area contributed by atoms with Gasteiger partial charge in [-0.3, -0.25) is 0 Å². The van der Waals surface area contributed by atoms with Crippen LogP contribution in [0.15, 0.2) is 70.1 Å². The third kappa shape index (κ3) is 4.87. The van der Waals surface area contributed by atoms with Crippen molar-refractivity contribution < 1.29 is 12.8 Å². The lowest BCUT2D eigenvalue weighted by molar-refractivity contribution is 0.346. The van der Waals surface area contributed by atoms with E-state index in [1.807, 2.05) is 24.3 Å². The number of nitrogens with zero attached hydrogens (tertiary/aromatic N) is 5. The normalized spacial score (nSPS) is 15.5. The summed E-state index contributed by atoms with van der Waals surface area (Å²) in [6.07, 6.45) is 4.41. The van der Waals surface area contributed by atoms with E-state index in [2.05, 4.69) is 26.3 Å². The molecule has 1 N–H and O–H groups in total. The predicted octanol–water partition coefficient (Wildman–Crippen LogP) is 4.06. The average molecular weight is 489 g/mol. The number of hydrogen-bond donors (Lipinski definition) is 1. The summed E-state index contributed by atoms with van der Waals surface area (Å²) in [6.45, 7) is 1.45. The van der Waals surface area contributed by atoms with Gasteiger partial charge in [-0.15, -0.1) is 0 Å². The number of oxazole rings is 1. The minimum Gasteiger partial charge on any atom is -0.439 e. The summed E-state index contributed by atoms with van der Waals surface area (Å²) in [6, 6.07) is 18.1. The summed E-state index contributed by atoms with van der Waals surface area (Å²) >= 11 is 0. The second-order valence-corrected chi connectivity index (χ2v) is 10.3. The van der Waals surface area contributed by atoms with Crippen molar-refractivity contribution in [2.75, 3.05) is 18.4 Å². The van der Waals surface area contributed by atoms with Gasteiger partial charge in [-0.25, -0.2) is 23.4 Å².